The van der Waals surface area contributed by atoms with Crippen molar-refractivity contribution in [3.63, 3.8) is 0 Å². The second kappa shape index (κ2) is 4.49. The van der Waals surface area contributed by atoms with E-state index in [-0.39, 0.29) is 17.2 Å². The molecule has 0 saturated carbocycles. The Morgan fingerprint density at radius 3 is 2.56 bits per heavy atom. The Morgan fingerprint density at radius 1 is 1.50 bits per heavy atom. The lowest BCUT2D eigenvalue weighted by molar-refractivity contribution is 0.208. The summed E-state index contributed by atoms with van der Waals surface area (Å²) in [4.78, 5) is 18.3. The molecule has 0 spiro atoms. The predicted molar refractivity (Wildman–Crippen MR) is 57.9 cm³/mol. The lowest BCUT2D eigenvalue weighted by Crippen LogP contribution is -2.20. The fourth-order valence-electron chi connectivity index (χ4n) is 0.930. The summed E-state index contributed by atoms with van der Waals surface area (Å²) in [6, 6.07) is 0. The van der Waals surface area contributed by atoms with Crippen molar-refractivity contribution in [2.75, 3.05) is 20.4 Å². The lowest BCUT2D eigenvalue weighted by Gasteiger charge is -2.09. The van der Waals surface area contributed by atoms with Gasteiger partial charge in [-0.3, -0.25) is 0 Å². The minimum Gasteiger partial charge on any atom is -0.478 e. The van der Waals surface area contributed by atoms with Crippen LogP contribution < -0.4 is 20.8 Å². The Bertz CT molecular complexity index is 457. The van der Waals surface area contributed by atoms with E-state index >= 15 is 0 Å². The van der Waals surface area contributed by atoms with E-state index in [9.17, 15) is 9.36 Å². The molecule has 1 aromatic rings. The second-order valence-electron chi connectivity index (χ2n) is 3.32. The number of carbonyl (C=O) groups excluding carboxylic acids is 1. The van der Waals surface area contributed by atoms with Crippen molar-refractivity contribution >= 4 is 18.8 Å². The summed E-state index contributed by atoms with van der Waals surface area (Å²) >= 11 is 0. The second-order valence-corrected chi connectivity index (χ2v) is 6.42. The van der Waals surface area contributed by atoms with Crippen LogP contribution >= 0.6 is 7.14 Å². The molecule has 0 radical (unpaired) electrons. The van der Waals surface area contributed by atoms with Gasteiger partial charge in [0.15, 0.2) is 5.57 Å². The van der Waals surface area contributed by atoms with Crippen molar-refractivity contribution in [3.8, 4) is 11.6 Å². The third-order valence-electron chi connectivity index (χ3n) is 1.60. The molecule has 2 N–H and O–H groups in total. The Hall–Kier alpha value is -1.62. The van der Waals surface area contributed by atoms with Crippen molar-refractivity contribution in [2.24, 2.45) is 5.73 Å². The predicted octanol–water partition coefficient (Wildman–Crippen LogP) is 0.191. The molecule has 0 aliphatic rings. The van der Waals surface area contributed by atoms with Gasteiger partial charge in [0.25, 0.3) is 5.88 Å². The zero-order valence-corrected chi connectivity index (χ0v) is 10.0. The van der Waals surface area contributed by atoms with Crippen LogP contribution in [-0.4, -0.2) is 36.5 Å². The SMILES string of the molecule is COc1nc(P(C)(C)=O)ncc1OC(N)=O. The van der Waals surface area contributed by atoms with Crippen LogP contribution in [0.5, 0.6) is 11.6 Å². The van der Waals surface area contributed by atoms with Gasteiger partial charge in [-0.05, 0) is 13.3 Å². The fraction of sp³-hybridized carbons (Fsp3) is 0.375. The molecule has 0 atom stereocenters. The first-order valence-electron chi connectivity index (χ1n) is 4.28. The van der Waals surface area contributed by atoms with Gasteiger partial charge in [0, 0.05) is 0 Å². The largest absolute Gasteiger partial charge is 0.478 e. The van der Waals surface area contributed by atoms with Crippen LogP contribution in [-0.2, 0) is 4.57 Å². The molecule has 1 amide bonds. The highest BCUT2D eigenvalue weighted by molar-refractivity contribution is 7.69. The van der Waals surface area contributed by atoms with Crippen LogP contribution in [0.1, 0.15) is 0 Å². The Labute approximate surface area is 92.3 Å². The van der Waals surface area contributed by atoms with Gasteiger partial charge in [-0.2, -0.15) is 4.98 Å². The summed E-state index contributed by atoms with van der Waals surface area (Å²) < 4.78 is 21.2. The highest BCUT2D eigenvalue weighted by Crippen LogP contribution is 2.34. The molecule has 0 aliphatic carbocycles. The highest BCUT2D eigenvalue weighted by atomic mass is 31.2. The topological polar surface area (TPSA) is 104 Å². The first kappa shape index (κ1) is 12.4. The number of rotatable bonds is 3. The van der Waals surface area contributed by atoms with Gasteiger partial charge in [0.05, 0.1) is 13.3 Å². The number of hydrogen-bond donors (Lipinski definition) is 1. The van der Waals surface area contributed by atoms with E-state index in [4.69, 9.17) is 10.5 Å². The number of primary amides is 1. The van der Waals surface area contributed by atoms with Gasteiger partial charge in [-0.15, -0.1) is 0 Å². The van der Waals surface area contributed by atoms with Crippen LogP contribution in [0, 0.1) is 0 Å². The average molecular weight is 245 g/mol. The molecular weight excluding hydrogens is 233 g/mol. The normalized spacial score (nSPS) is 10.9. The number of aromatic nitrogens is 2. The number of methoxy groups -OCH3 is 1. The number of nitrogens with two attached hydrogens (primary N) is 1. The van der Waals surface area contributed by atoms with Crippen LogP contribution in [0.25, 0.3) is 0 Å². The number of ether oxygens (including phenoxy) is 2. The molecule has 1 aromatic heterocycles. The Balaban J connectivity index is 3.17. The first-order valence-corrected chi connectivity index (χ1v) is 6.88. The summed E-state index contributed by atoms with van der Waals surface area (Å²) in [5.41, 5.74) is 5.00. The molecule has 0 saturated heterocycles. The van der Waals surface area contributed by atoms with Gasteiger partial charge in [-0.25, -0.2) is 9.78 Å². The van der Waals surface area contributed by atoms with Crippen LogP contribution in [0.15, 0.2) is 6.20 Å². The number of hydrogen-bond acceptors (Lipinski definition) is 6. The molecule has 1 rings (SSSR count). The quantitative estimate of drug-likeness (QED) is 0.762. The number of amides is 1. The van der Waals surface area contributed by atoms with Gasteiger partial charge in [-0.1, -0.05) is 0 Å². The summed E-state index contributed by atoms with van der Waals surface area (Å²) in [6.07, 6.45) is 0.205. The summed E-state index contributed by atoms with van der Waals surface area (Å²) in [5.74, 6) is 0.0138. The number of nitrogens with zero attached hydrogens (tertiary/aromatic N) is 2. The standard InChI is InChI=1S/C8H12N3O4P/c1-14-6-5(15-7(9)12)4-10-8(11-6)16(2,3)13/h4H,1-3H3,(H2,9,12). The molecule has 0 fully saturated rings. The first-order chi connectivity index (χ1) is 7.34. The van der Waals surface area contributed by atoms with Crippen LogP contribution in [0.4, 0.5) is 4.79 Å². The van der Waals surface area contributed by atoms with Crippen molar-refractivity contribution in [3.05, 3.63) is 6.20 Å². The van der Waals surface area contributed by atoms with Gasteiger partial charge >= 0.3 is 6.09 Å². The van der Waals surface area contributed by atoms with E-state index in [0.29, 0.717) is 0 Å². The molecule has 8 heteroatoms. The van der Waals surface area contributed by atoms with Gasteiger partial charge in [0.1, 0.15) is 7.14 Å². The van der Waals surface area contributed by atoms with E-state index in [1.807, 2.05) is 0 Å². The van der Waals surface area contributed by atoms with E-state index in [0.717, 1.165) is 0 Å². The average Bonchev–Trinajstić information content (AvgIpc) is 2.15. The maximum Gasteiger partial charge on any atom is 0.410 e. The zero-order chi connectivity index (χ0) is 12.3. The summed E-state index contributed by atoms with van der Waals surface area (Å²) in [7, 11) is -1.24. The molecule has 7 nitrogen and oxygen atoms in total. The van der Waals surface area contributed by atoms with E-state index in [1.165, 1.54) is 26.6 Å². The molecule has 0 bridgehead atoms. The highest BCUT2D eigenvalue weighted by Gasteiger charge is 2.19. The van der Waals surface area contributed by atoms with E-state index in [1.54, 1.807) is 0 Å². The fourth-order valence-corrected chi connectivity index (χ4v) is 1.60. The minimum absolute atomic E-state index is 0.00722. The monoisotopic (exact) mass is 245 g/mol. The Morgan fingerprint density at radius 2 is 2.12 bits per heavy atom. The number of carbonyl (C=O) groups is 1. The molecule has 0 unspecified atom stereocenters. The van der Waals surface area contributed by atoms with Crippen LogP contribution in [0.3, 0.4) is 0 Å². The lowest BCUT2D eigenvalue weighted by atomic mass is 10.6. The molecule has 88 valence electrons. The molecule has 0 aromatic carbocycles. The zero-order valence-electron chi connectivity index (χ0n) is 9.13. The molecule has 1 heterocycles. The van der Waals surface area contributed by atoms with Crippen LogP contribution in [0.2, 0.25) is 0 Å². The third-order valence-corrected chi connectivity index (χ3v) is 2.77. The summed E-state index contributed by atoms with van der Waals surface area (Å²) in [6.45, 7) is 3.05. The molecule has 16 heavy (non-hydrogen) atoms. The molecule has 0 aliphatic heterocycles. The van der Waals surface area contributed by atoms with E-state index in [2.05, 4.69) is 14.7 Å². The maximum absolute atomic E-state index is 11.7. The van der Waals surface area contributed by atoms with Gasteiger partial charge < -0.3 is 19.8 Å². The Kier molecular flexibility index (Phi) is 3.49. The molecular formula is C8H12N3O4P. The van der Waals surface area contributed by atoms with Crippen molar-refractivity contribution in [1.82, 2.24) is 9.97 Å². The minimum atomic E-state index is -2.59. The van der Waals surface area contributed by atoms with Crippen molar-refractivity contribution in [1.29, 1.82) is 0 Å². The smallest absolute Gasteiger partial charge is 0.410 e. The van der Waals surface area contributed by atoms with Gasteiger partial charge in [0.2, 0.25) is 5.75 Å². The van der Waals surface area contributed by atoms with Crippen molar-refractivity contribution < 1.29 is 18.8 Å². The maximum atomic E-state index is 11.7. The van der Waals surface area contributed by atoms with E-state index < -0.39 is 13.2 Å². The third kappa shape index (κ3) is 2.93. The van der Waals surface area contributed by atoms with Crippen molar-refractivity contribution in [2.45, 2.75) is 0 Å². The summed E-state index contributed by atoms with van der Waals surface area (Å²) in [5, 5.41) is 0.